The number of carbonyl (C=O) groups excluding carboxylic acids is 1. The lowest BCUT2D eigenvalue weighted by atomic mass is 9.84. The number of ether oxygens (including phenoxy) is 1. The van der Waals surface area contributed by atoms with E-state index in [9.17, 15) is 4.79 Å². The first-order chi connectivity index (χ1) is 6.70. The summed E-state index contributed by atoms with van der Waals surface area (Å²) in [4.78, 5) is 11.2. The maximum Gasteiger partial charge on any atom is 0.229 e. The molecule has 2 bridgehead atoms. The van der Waals surface area contributed by atoms with E-state index in [0.29, 0.717) is 18.1 Å². The summed E-state index contributed by atoms with van der Waals surface area (Å²) in [6, 6.07) is 0.227. The van der Waals surface area contributed by atoms with Gasteiger partial charge in [-0.05, 0) is 26.2 Å². The third kappa shape index (κ3) is 1.91. The van der Waals surface area contributed by atoms with Gasteiger partial charge >= 0.3 is 0 Å². The van der Waals surface area contributed by atoms with Crippen molar-refractivity contribution in [2.24, 2.45) is 5.92 Å². The zero-order chi connectivity index (χ0) is 10.1. The number of thiol groups is 1. The van der Waals surface area contributed by atoms with E-state index in [-0.39, 0.29) is 17.7 Å². The molecule has 0 aliphatic carbocycles. The summed E-state index contributed by atoms with van der Waals surface area (Å²) < 4.78 is 5.75. The van der Waals surface area contributed by atoms with Crippen molar-refractivity contribution >= 4 is 18.5 Å². The number of hydrogen-bond acceptors (Lipinski definition) is 3. The van der Waals surface area contributed by atoms with Crippen LogP contribution in [0, 0.1) is 5.92 Å². The van der Waals surface area contributed by atoms with Crippen molar-refractivity contribution in [3.63, 3.8) is 0 Å². The van der Waals surface area contributed by atoms with Crippen LogP contribution in [0.15, 0.2) is 0 Å². The second-order valence-corrected chi connectivity index (χ2v) is 4.60. The Morgan fingerprint density at radius 2 is 2.43 bits per heavy atom. The van der Waals surface area contributed by atoms with Gasteiger partial charge in [0.25, 0.3) is 0 Å². The normalized spacial score (nSPS) is 37.1. The lowest BCUT2D eigenvalue weighted by molar-refractivity contribution is -0.119. The lowest BCUT2D eigenvalue weighted by Crippen LogP contribution is -2.42. The Kier molecular flexibility index (Phi) is 3.02. The SMILES string of the molecule is CC(NC(=O)CS)C1CC2CCC1O2. The van der Waals surface area contributed by atoms with E-state index in [1.165, 1.54) is 6.42 Å². The maximum absolute atomic E-state index is 11.2. The fraction of sp³-hybridized carbons (Fsp3) is 0.900. The van der Waals surface area contributed by atoms with E-state index < -0.39 is 0 Å². The summed E-state index contributed by atoms with van der Waals surface area (Å²) in [5.74, 6) is 0.799. The molecule has 1 N–H and O–H groups in total. The molecule has 0 aromatic carbocycles. The molecule has 1 amide bonds. The summed E-state index contributed by atoms with van der Waals surface area (Å²) in [7, 11) is 0. The van der Waals surface area contributed by atoms with Crippen LogP contribution in [-0.2, 0) is 9.53 Å². The van der Waals surface area contributed by atoms with Crippen LogP contribution < -0.4 is 5.32 Å². The number of fused-ring (bicyclic) bond motifs is 2. The van der Waals surface area contributed by atoms with Crippen LogP contribution >= 0.6 is 12.6 Å². The molecule has 0 aromatic rings. The summed E-state index contributed by atoms with van der Waals surface area (Å²) in [5.41, 5.74) is 0. The van der Waals surface area contributed by atoms with Gasteiger partial charge in [0.2, 0.25) is 5.91 Å². The highest BCUT2D eigenvalue weighted by Gasteiger charge is 2.43. The van der Waals surface area contributed by atoms with E-state index in [0.717, 1.165) is 12.8 Å². The molecule has 4 unspecified atom stereocenters. The highest BCUT2D eigenvalue weighted by Crippen LogP contribution is 2.40. The molecule has 0 aromatic heterocycles. The zero-order valence-corrected chi connectivity index (χ0v) is 9.30. The Balaban J connectivity index is 1.86. The van der Waals surface area contributed by atoms with Gasteiger partial charge in [-0.25, -0.2) is 0 Å². The van der Waals surface area contributed by atoms with Gasteiger partial charge in [0.1, 0.15) is 0 Å². The van der Waals surface area contributed by atoms with Crippen LogP contribution in [0.3, 0.4) is 0 Å². The van der Waals surface area contributed by atoms with Crippen molar-refractivity contribution in [1.82, 2.24) is 5.32 Å². The van der Waals surface area contributed by atoms with Crippen LogP contribution in [0.5, 0.6) is 0 Å². The standard InChI is InChI=1S/C10H17NO2S/c1-6(11-10(12)5-14)8-4-7-2-3-9(8)13-7/h6-9,14H,2-5H2,1H3,(H,11,12). The van der Waals surface area contributed by atoms with E-state index in [4.69, 9.17) is 4.74 Å². The molecule has 0 spiro atoms. The first-order valence-corrected chi connectivity index (χ1v) is 5.89. The van der Waals surface area contributed by atoms with E-state index in [1.807, 2.05) is 0 Å². The van der Waals surface area contributed by atoms with Gasteiger partial charge in [-0.2, -0.15) is 12.6 Å². The summed E-state index contributed by atoms with van der Waals surface area (Å²) in [6.45, 7) is 2.07. The molecule has 2 heterocycles. The fourth-order valence-electron chi connectivity index (χ4n) is 2.61. The number of amides is 1. The van der Waals surface area contributed by atoms with Crippen molar-refractivity contribution in [2.75, 3.05) is 5.75 Å². The molecule has 80 valence electrons. The molecule has 3 nitrogen and oxygen atoms in total. The minimum absolute atomic E-state index is 0.0172. The highest BCUT2D eigenvalue weighted by molar-refractivity contribution is 7.81. The quantitative estimate of drug-likeness (QED) is 0.689. The molecule has 0 saturated carbocycles. The number of rotatable bonds is 3. The third-order valence-electron chi connectivity index (χ3n) is 3.33. The Hall–Kier alpha value is -0.220. The Morgan fingerprint density at radius 3 is 2.93 bits per heavy atom. The minimum atomic E-state index is 0.0172. The van der Waals surface area contributed by atoms with Gasteiger partial charge in [-0.1, -0.05) is 0 Å². The van der Waals surface area contributed by atoms with E-state index in [1.54, 1.807) is 0 Å². The lowest BCUT2D eigenvalue weighted by Gasteiger charge is -2.25. The van der Waals surface area contributed by atoms with Crippen LogP contribution in [0.1, 0.15) is 26.2 Å². The molecule has 2 saturated heterocycles. The Morgan fingerprint density at radius 1 is 1.64 bits per heavy atom. The maximum atomic E-state index is 11.2. The van der Waals surface area contributed by atoms with Crippen molar-refractivity contribution in [3.8, 4) is 0 Å². The first-order valence-electron chi connectivity index (χ1n) is 5.26. The molecule has 4 atom stereocenters. The Labute approximate surface area is 90.0 Å². The molecular formula is C10H17NO2S. The van der Waals surface area contributed by atoms with Gasteiger partial charge in [0, 0.05) is 12.0 Å². The molecule has 2 rings (SSSR count). The topological polar surface area (TPSA) is 38.3 Å². The minimum Gasteiger partial charge on any atom is -0.375 e. The molecule has 0 radical (unpaired) electrons. The average Bonchev–Trinajstić information content (AvgIpc) is 2.78. The predicted molar refractivity (Wildman–Crippen MR) is 57.5 cm³/mol. The average molecular weight is 215 g/mol. The van der Waals surface area contributed by atoms with E-state index >= 15 is 0 Å². The molecule has 4 heteroatoms. The molecular weight excluding hydrogens is 198 g/mol. The second kappa shape index (κ2) is 4.11. The molecule has 2 fully saturated rings. The van der Waals surface area contributed by atoms with Crippen LogP contribution in [0.25, 0.3) is 0 Å². The van der Waals surface area contributed by atoms with Gasteiger partial charge in [-0.15, -0.1) is 0 Å². The molecule has 2 aliphatic heterocycles. The van der Waals surface area contributed by atoms with Crippen LogP contribution in [0.2, 0.25) is 0 Å². The van der Waals surface area contributed by atoms with Crippen LogP contribution in [-0.4, -0.2) is 29.9 Å². The van der Waals surface area contributed by atoms with Crippen molar-refractivity contribution in [2.45, 2.75) is 44.4 Å². The van der Waals surface area contributed by atoms with E-state index in [2.05, 4.69) is 24.9 Å². The van der Waals surface area contributed by atoms with Gasteiger partial charge < -0.3 is 10.1 Å². The smallest absolute Gasteiger partial charge is 0.229 e. The fourth-order valence-corrected chi connectivity index (χ4v) is 2.70. The number of hydrogen-bond donors (Lipinski definition) is 2. The van der Waals surface area contributed by atoms with Gasteiger partial charge in [0.15, 0.2) is 0 Å². The van der Waals surface area contributed by atoms with Crippen molar-refractivity contribution < 1.29 is 9.53 Å². The summed E-state index contributed by atoms with van der Waals surface area (Å²) in [5, 5.41) is 2.96. The first kappa shape index (κ1) is 10.3. The van der Waals surface area contributed by atoms with Gasteiger partial charge in [-0.3, -0.25) is 4.79 Å². The third-order valence-corrected chi connectivity index (χ3v) is 3.61. The highest BCUT2D eigenvalue weighted by atomic mass is 32.1. The zero-order valence-electron chi connectivity index (χ0n) is 8.40. The number of carbonyl (C=O) groups is 1. The second-order valence-electron chi connectivity index (χ2n) is 4.29. The van der Waals surface area contributed by atoms with Crippen LogP contribution in [0.4, 0.5) is 0 Å². The largest absolute Gasteiger partial charge is 0.375 e. The Bertz CT molecular complexity index is 234. The monoisotopic (exact) mass is 215 g/mol. The molecule has 14 heavy (non-hydrogen) atoms. The molecule has 2 aliphatic rings. The number of nitrogens with one attached hydrogen (secondary N) is 1. The predicted octanol–water partition coefficient (Wildman–Crippen LogP) is 0.988. The van der Waals surface area contributed by atoms with Gasteiger partial charge in [0.05, 0.1) is 18.0 Å². The summed E-state index contributed by atoms with van der Waals surface area (Å²) in [6.07, 6.45) is 4.32. The van der Waals surface area contributed by atoms with Crippen molar-refractivity contribution in [1.29, 1.82) is 0 Å². The van der Waals surface area contributed by atoms with Crippen molar-refractivity contribution in [3.05, 3.63) is 0 Å². The summed E-state index contributed by atoms with van der Waals surface area (Å²) >= 11 is 3.94.